The zero-order valence-electron chi connectivity index (χ0n) is 16.8. The second-order valence-corrected chi connectivity index (χ2v) is 8.23. The number of amides is 1. The number of methoxy groups -OCH3 is 1. The van der Waals surface area contributed by atoms with Gasteiger partial charge in [0.1, 0.15) is 6.61 Å². The lowest BCUT2D eigenvalue weighted by Gasteiger charge is -2.42. The van der Waals surface area contributed by atoms with Crippen LogP contribution in [0.4, 0.5) is 4.79 Å². The molecule has 1 aliphatic carbocycles. The van der Waals surface area contributed by atoms with Crippen LogP contribution in [0.25, 0.3) is 11.1 Å². The van der Waals surface area contributed by atoms with E-state index in [1.54, 1.807) is 4.90 Å². The Kier molecular flexibility index (Phi) is 5.47. The number of carbonyl (C=O) groups excluding carboxylic acids is 2. The van der Waals surface area contributed by atoms with Crippen LogP contribution in [0.3, 0.4) is 0 Å². The zero-order valence-corrected chi connectivity index (χ0v) is 17.6. The first-order valence-corrected chi connectivity index (χ1v) is 10.0. The molecular weight excluding hydrogens is 404 g/mol. The summed E-state index contributed by atoms with van der Waals surface area (Å²) < 4.78 is 10.7. The molecule has 2 saturated heterocycles. The van der Waals surface area contributed by atoms with E-state index in [0.29, 0.717) is 13.1 Å². The molecule has 1 N–H and O–H groups in total. The Labute approximate surface area is 181 Å². The molecule has 30 heavy (non-hydrogen) atoms. The van der Waals surface area contributed by atoms with Gasteiger partial charge in [-0.3, -0.25) is 4.79 Å². The molecular formula is C23H25ClN2O4. The average Bonchev–Trinajstić information content (AvgIpc) is 3.29. The van der Waals surface area contributed by atoms with E-state index in [1.165, 1.54) is 29.4 Å². The lowest BCUT2D eigenvalue weighted by molar-refractivity contribution is -0.149. The number of halogens is 1. The van der Waals surface area contributed by atoms with Crippen molar-refractivity contribution in [3.63, 3.8) is 0 Å². The Hall–Kier alpha value is -2.57. The number of nitrogens with zero attached hydrogens (tertiary/aromatic N) is 1. The SMILES string of the molecule is COC(=O)[C@@H]1CN(C(=O)OCC2c3ccccc3-c3ccccc32)CC12CNC2.Cl. The molecule has 0 bridgehead atoms. The first-order chi connectivity index (χ1) is 14.1. The van der Waals surface area contributed by atoms with E-state index in [0.717, 1.165) is 13.1 Å². The van der Waals surface area contributed by atoms with Crippen LogP contribution < -0.4 is 5.32 Å². The standard InChI is InChI=1S/C23H24N2O4.ClH/c1-28-21(26)20-10-25(14-23(20)12-24-13-23)22(27)29-11-19-17-8-4-2-6-15(17)16-7-3-5-9-18(16)19;/h2-9,19-20,24H,10-14H2,1H3;1H/t20-;/m0./s1. The summed E-state index contributed by atoms with van der Waals surface area (Å²) in [4.78, 5) is 26.7. The highest BCUT2D eigenvalue weighted by atomic mass is 35.5. The fourth-order valence-corrected chi connectivity index (χ4v) is 5.06. The summed E-state index contributed by atoms with van der Waals surface area (Å²) in [5.74, 6) is -0.514. The number of ether oxygens (including phenoxy) is 2. The van der Waals surface area contributed by atoms with Gasteiger partial charge in [0.15, 0.2) is 0 Å². The number of likely N-dealkylation sites (tertiary alicyclic amines) is 1. The summed E-state index contributed by atoms with van der Waals surface area (Å²) in [6.07, 6.45) is -0.357. The van der Waals surface area contributed by atoms with E-state index >= 15 is 0 Å². The van der Waals surface area contributed by atoms with E-state index in [4.69, 9.17) is 9.47 Å². The summed E-state index contributed by atoms with van der Waals surface area (Å²) in [6.45, 7) is 2.61. The normalized spacial score (nSPS) is 20.7. The summed E-state index contributed by atoms with van der Waals surface area (Å²) >= 11 is 0. The van der Waals surface area contributed by atoms with Crippen LogP contribution in [-0.4, -0.2) is 56.9 Å². The molecule has 0 saturated carbocycles. The molecule has 158 valence electrons. The molecule has 5 rings (SSSR count). The number of hydrogen-bond acceptors (Lipinski definition) is 5. The van der Waals surface area contributed by atoms with Crippen molar-refractivity contribution in [3.05, 3.63) is 59.7 Å². The highest BCUT2D eigenvalue weighted by molar-refractivity contribution is 5.85. The number of nitrogens with one attached hydrogen (secondary N) is 1. The maximum atomic E-state index is 12.8. The number of benzene rings is 2. The third kappa shape index (κ3) is 3.15. The first-order valence-electron chi connectivity index (χ1n) is 10.0. The quantitative estimate of drug-likeness (QED) is 0.761. The maximum Gasteiger partial charge on any atom is 0.409 e. The third-order valence-corrected chi connectivity index (χ3v) is 6.68. The molecule has 1 amide bonds. The Morgan fingerprint density at radius 2 is 1.67 bits per heavy atom. The van der Waals surface area contributed by atoms with Crippen LogP contribution >= 0.6 is 12.4 Å². The Morgan fingerprint density at radius 3 is 2.20 bits per heavy atom. The van der Waals surface area contributed by atoms with Crippen molar-refractivity contribution in [2.45, 2.75) is 5.92 Å². The van der Waals surface area contributed by atoms with Crippen LogP contribution in [0.5, 0.6) is 0 Å². The first kappa shape index (κ1) is 20.7. The Morgan fingerprint density at radius 1 is 1.07 bits per heavy atom. The molecule has 2 heterocycles. The average molecular weight is 429 g/mol. The van der Waals surface area contributed by atoms with Crippen LogP contribution in [0, 0.1) is 11.3 Å². The summed E-state index contributed by atoms with van der Waals surface area (Å²) in [5, 5.41) is 3.22. The van der Waals surface area contributed by atoms with Gasteiger partial charge in [-0.25, -0.2) is 4.79 Å². The number of hydrogen-bond donors (Lipinski definition) is 1. The van der Waals surface area contributed by atoms with Crippen molar-refractivity contribution in [2.75, 3.05) is 39.9 Å². The van der Waals surface area contributed by atoms with Gasteiger partial charge in [0.25, 0.3) is 0 Å². The lowest BCUT2D eigenvalue weighted by atomic mass is 9.73. The van der Waals surface area contributed by atoms with Gasteiger partial charge in [-0.15, -0.1) is 12.4 Å². The molecule has 0 radical (unpaired) electrons. The van der Waals surface area contributed by atoms with Crippen molar-refractivity contribution < 1.29 is 19.1 Å². The van der Waals surface area contributed by atoms with E-state index in [2.05, 4.69) is 29.6 Å². The molecule has 2 fully saturated rings. The molecule has 1 spiro atoms. The summed E-state index contributed by atoms with van der Waals surface area (Å²) in [6, 6.07) is 16.6. The van der Waals surface area contributed by atoms with Crippen molar-refractivity contribution in [1.29, 1.82) is 0 Å². The highest BCUT2D eigenvalue weighted by Crippen LogP contribution is 2.45. The topological polar surface area (TPSA) is 67.9 Å². The van der Waals surface area contributed by atoms with Gasteiger partial charge in [0.05, 0.1) is 13.0 Å². The van der Waals surface area contributed by atoms with E-state index in [9.17, 15) is 9.59 Å². The minimum absolute atomic E-state index is 0. The number of fused-ring (bicyclic) bond motifs is 3. The minimum Gasteiger partial charge on any atom is -0.469 e. The van der Waals surface area contributed by atoms with Crippen LogP contribution in [0.2, 0.25) is 0 Å². The Balaban J connectivity index is 0.00000218. The number of rotatable bonds is 3. The van der Waals surface area contributed by atoms with Crippen LogP contribution in [-0.2, 0) is 14.3 Å². The molecule has 0 unspecified atom stereocenters. The predicted octanol–water partition coefficient (Wildman–Crippen LogP) is 3.05. The third-order valence-electron chi connectivity index (χ3n) is 6.68. The van der Waals surface area contributed by atoms with Crippen molar-refractivity contribution >= 4 is 24.5 Å². The second kappa shape index (κ2) is 7.93. The second-order valence-electron chi connectivity index (χ2n) is 8.23. The summed E-state index contributed by atoms with van der Waals surface area (Å²) in [5.41, 5.74) is 4.56. The van der Waals surface area contributed by atoms with Gasteiger partial charge < -0.3 is 19.7 Å². The monoisotopic (exact) mass is 428 g/mol. The van der Waals surface area contributed by atoms with Crippen LogP contribution in [0.15, 0.2) is 48.5 Å². The zero-order chi connectivity index (χ0) is 20.0. The fraction of sp³-hybridized carbons (Fsp3) is 0.391. The van der Waals surface area contributed by atoms with Gasteiger partial charge in [-0.05, 0) is 22.3 Å². The summed E-state index contributed by atoms with van der Waals surface area (Å²) in [7, 11) is 1.40. The van der Waals surface area contributed by atoms with Gasteiger partial charge in [-0.2, -0.15) is 0 Å². The Bertz CT molecular complexity index is 930. The van der Waals surface area contributed by atoms with Gasteiger partial charge in [-0.1, -0.05) is 48.5 Å². The highest BCUT2D eigenvalue weighted by Gasteiger charge is 2.55. The molecule has 2 aliphatic heterocycles. The predicted molar refractivity (Wildman–Crippen MR) is 115 cm³/mol. The molecule has 7 heteroatoms. The lowest BCUT2D eigenvalue weighted by Crippen LogP contribution is -2.59. The van der Waals surface area contributed by atoms with E-state index in [1.807, 2.05) is 24.3 Å². The van der Waals surface area contributed by atoms with Gasteiger partial charge >= 0.3 is 12.1 Å². The molecule has 6 nitrogen and oxygen atoms in total. The van der Waals surface area contributed by atoms with Crippen molar-refractivity contribution in [3.8, 4) is 11.1 Å². The number of carbonyl (C=O) groups is 2. The fourth-order valence-electron chi connectivity index (χ4n) is 5.06. The molecule has 2 aromatic rings. The smallest absolute Gasteiger partial charge is 0.409 e. The van der Waals surface area contributed by atoms with Gasteiger partial charge in [0.2, 0.25) is 0 Å². The minimum atomic E-state index is -0.357. The maximum absolute atomic E-state index is 12.8. The molecule has 0 aromatic heterocycles. The van der Waals surface area contributed by atoms with Crippen molar-refractivity contribution in [2.24, 2.45) is 11.3 Å². The largest absolute Gasteiger partial charge is 0.469 e. The van der Waals surface area contributed by atoms with Crippen molar-refractivity contribution in [1.82, 2.24) is 10.2 Å². The van der Waals surface area contributed by atoms with Gasteiger partial charge in [0, 0.05) is 37.5 Å². The number of esters is 1. The van der Waals surface area contributed by atoms with E-state index in [-0.39, 0.29) is 48.3 Å². The van der Waals surface area contributed by atoms with Crippen LogP contribution in [0.1, 0.15) is 17.0 Å². The van der Waals surface area contributed by atoms with E-state index < -0.39 is 0 Å². The molecule has 1 atom stereocenters. The molecule has 3 aliphatic rings. The molecule has 2 aromatic carbocycles.